The second-order valence-electron chi connectivity index (χ2n) is 3.66. The first-order valence-electron chi connectivity index (χ1n) is 4.87. The van der Waals surface area contributed by atoms with Gasteiger partial charge in [0.25, 0.3) is 0 Å². The van der Waals surface area contributed by atoms with E-state index < -0.39 is 9.84 Å². The minimum atomic E-state index is -3.34. The van der Waals surface area contributed by atoms with E-state index >= 15 is 0 Å². The van der Waals surface area contributed by atoms with E-state index in [1.165, 1.54) is 0 Å². The molecule has 6 nitrogen and oxygen atoms in total. The maximum atomic E-state index is 11.6. The molecule has 1 aromatic rings. The first-order valence-corrected chi connectivity index (χ1v) is 7.91. The fourth-order valence-electron chi connectivity index (χ4n) is 1.69. The standard InChI is InChI=1S/C8H14N4O2S2/c1-16(13,14)6-7(9)10-11-8(6)12-2-4-15-5-3-12/h2-5H2,1H3,(H3,9,10,11). The van der Waals surface area contributed by atoms with E-state index in [-0.39, 0.29) is 10.7 Å². The third-order valence-electron chi connectivity index (χ3n) is 2.41. The summed E-state index contributed by atoms with van der Waals surface area (Å²) in [7, 11) is -3.34. The van der Waals surface area contributed by atoms with Crippen LogP contribution in [0, 0.1) is 0 Å². The highest BCUT2D eigenvalue weighted by Crippen LogP contribution is 2.29. The molecule has 8 heteroatoms. The number of nitrogens with two attached hydrogens (primary N) is 1. The first-order chi connectivity index (χ1) is 7.50. The molecular formula is C8H14N4O2S2. The molecular weight excluding hydrogens is 248 g/mol. The van der Waals surface area contributed by atoms with Crippen LogP contribution in [0.1, 0.15) is 0 Å². The van der Waals surface area contributed by atoms with Crippen LogP contribution in [0.15, 0.2) is 4.90 Å². The predicted molar refractivity (Wildman–Crippen MR) is 65.6 cm³/mol. The van der Waals surface area contributed by atoms with Crippen molar-refractivity contribution in [3.63, 3.8) is 0 Å². The van der Waals surface area contributed by atoms with Gasteiger partial charge in [0.15, 0.2) is 20.6 Å². The zero-order chi connectivity index (χ0) is 11.8. The lowest BCUT2D eigenvalue weighted by Crippen LogP contribution is -2.33. The number of aromatic nitrogens is 2. The average molecular weight is 262 g/mol. The Morgan fingerprint density at radius 3 is 2.62 bits per heavy atom. The van der Waals surface area contributed by atoms with Gasteiger partial charge in [-0.1, -0.05) is 0 Å². The Hall–Kier alpha value is -0.890. The molecule has 16 heavy (non-hydrogen) atoms. The van der Waals surface area contributed by atoms with Crippen LogP contribution < -0.4 is 10.6 Å². The van der Waals surface area contributed by atoms with Crippen molar-refractivity contribution in [2.24, 2.45) is 0 Å². The quantitative estimate of drug-likeness (QED) is 0.776. The highest BCUT2D eigenvalue weighted by atomic mass is 32.2. The van der Waals surface area contributed by atoms with Crippen molar-refractivity contribution >= 4 is 33.2 Å². The molecule has 0 amide bonds. The molecule has 1 aliphatic heterocycles. The molecule has 90 valence electrons. The number of nitrogen functional groups attached to an aromatic ring is 1. The van der Waals surface area contributed by atoms with Crippen LogP contribution in [0.4, 0.5) is 11.6 Å². The molecule has 1 saturated heterocycles. The Kier molecular flexibility index (Phi) is 3.02. The van der Waals surface area contributed by atoms with Gasteiger partial charge >= 0.3 is 0 Å². The third-order valence-corrected chi connectivity index (χ3v) is 4.50. The van der Waals surface area contributed by atoms with E-state index in [1.54, 1.807) is 0 Å². The fourth-order valence-corrected chi connectivity index (χ4v) is 3.54. The summed E-state index contributed by atoms with van der Waals surface area (Å²) in [6.07, 6.45) is 1.15. The maximum Gasteiger partial charge on any atom is 0.182 e. The van der Waals surface area contributed by atoms with E-state index in [0.717, 1.165) is 30.9 Å². The van der Waals surface area contributed by atoms with Crippen molar-refractivity contribution in [2.45, 2.75) is 4.90 Å². The second kappa shape index (κ2) is 4.17. The molecule has 0 aromatic carbocycles. The Bertz CT molecular complexity index is 476. The lowest BCUT2D eigenvalue weighted by Gasteiger charge is -2.26. The molecule has 3 N–H and O–H groups in total. The number of anilines is 2. The van der Waals surface area contributed by atoms with Gasteiger partial charge in [-0.2, -0.15) is 16.9 Å². The monoisotopic (exact) mass is 262 g/mol. The largest absolute Gasteiger partial charge is 0.383 e. The number of nitrogens with one attached hydrogen (secondary N) is 1. The maximum absolute atomic E-state index is 11.6. The van der Waals surface area contributed by atoms with Gasteiger partial charge in [-0.25, -0.2) is 8.42 Å². The van der Waals surface area contributed by atoms with Gasteiger partial charge in [-0.05, 0) is 0 Å². The Balaban J connectivity index is 2.41. The number of H-pyrrole nitrogens is 1. The SMILES string of the molecule is CS(=O)(=O)c1c(N2CCSCC2)n[nH]c1N. The van der Waals surface area contributed by atoms with E-state index in [4.69, 9.17) is 5.73 Å². The number of rotatable bonds is 2. The van der Waals surface area contributed by atoms with Crippen molar-refractivity contribution in [1.29, 1.82) is 0 Å². The number of sulfone groups is 1. The van der Waals surface area contributed by atoms with Gasteiger partial charge in [-0.3, -0.25) is 5.10 Å². The number of hydrogen-bond acceptors (Lipinski definition) is 6. The first kappa shape index (κ1) is 11.6. The van der Waals surface area contributed by atoms with Crippen LogP contribution in [0.3, 0.4) is 0 Å². The van der Waals surface area contributed by atoms with Crippen LogP contribution in [0.2, 0.25) is 0 Å². The molecule has 1 aromatic heterocycles. The number of hydrogen-bond donors (Lipinski definition) is 2. The fraction of sp³-hybridized carbons (Fsp3) is 0.625. The molecule has 0 atom stereocenters. The third kappa shape index (κ3) is 2.12. The average Bonchev–Trinajstić information content (AvgIpc) is 2.61. The van der Waals surface area contributed by atoms with Gasteiger partial charge in [0.2, 0.25) is 0 Å². The Morgan fingerprint density at radius 1 is 1.44 bits per heavy atom. The summed E-state index contributed by atoms with van der Waals surface area (Å²) < 4.78 is 23.2. The van der Waals surface area contributed by atoms with Crippen LogP contribution in [0.25, 0.3) is 0 Å². The summed E-state index contributed by atoms with van der Waals surface area (Å²) in [6, 6.07) is 0. The van der Waals surface area contributed by atoms with Crippen LogP contribution in [-0.4, -0.2) is 49.5 Å². The zero-order valence-corrected chi connectivity index (χ0v) is 10.6. The Morgan fingerprint density at radius 2 is 2.06 bits per heavy atom. The minimum absolute atomic E-state index is 0.121. The minimum Gasteiger partial charge on any atom is -0.383 e. The molecule has 2 heterocycles. The van der Waals surface area contributed by atoms with Gasteiger partial charge in [0.1, 0.15) is 5.82 Å². The molecule has 0 unspecified atom stereocenters. The second-order valence-corrected chi connectivity index (χ2v) is 6.84. The van der Waals surface area contributed by atoms with Gasteiger partial charge < -0.3 is 10.6 Å². The summed E-state index contributed by atoms with van der Waals surface area (Å²) in [6.45, 7) is 1.61. The van der Waals surface area contributed by atoms with Crippen LogP contribution in [0.5, 0.6) is 0 Å². The van der Waals surface area contributed by atoms with Gasteiger partial charge in [0, 0.05) is 30.9 Å². The van der Waals surface area contributed by atoms with E-state index in [1.807, 2.05) is 16.7 Å². The van der Waals surface area contributed by atoms with Crippen LogP contribution >= 0.6 is 11.8 Å². The highest BCUT2D eigenvalue weighted by Gasteiger charge is 2.25. The summed E-state index contributed by atoms with van der Waals surface area (Å²) >= 11 is 1.85. The van der Waals surface area contributed by atoms with Crippen molar-refractivity contribution in [3.05, 3.63) is 0 Å². The summed E-state index contributed by atoms with van der Waals surface area (Å²) in [4.78, 5) is 2.08. The van der Waals surface area contributed by atoms with E-state index in [9.17, 15) is 8.42 Å². The molecule has 1 aliphatic rings. The lowest BCUT2D eigenvalue weighted by atomic mass is 10.4. The summed E-state index contributed by atoms with van der Waals surface area (Å²) in [5.41, 5.74) is 5.61. The van der Waals surface area contributed by atoms with Crippen molar-refractivity contribution in [1.82, 2.24) is 10.2 Å². The lowest BCUT2D eigenvalue weighted by molar-refractivity contribution is 0.602. The van der Waals surface area contributed by atoms with Crippen molar-refractivity contribution < 1.29 is 8.42 Å². The van der Waals surface area contributed by atoms with Crippen LogP contribution in [-0.2, 0) is 9.84 Å². The molecule has 0 saturated carbocycles. The zero-order valence-electron chi connectivity index (χ0n) is 8.93. The molecule has 0 aliphatic carbocycles. The van der Waals surface area contributed by atoms with Crippen molar-refractivity contribution in [2.75, 3.05) is 41.5 Å². The van der Waals surface area contributed by atoms with Gasteiger partial charge in [0.05, 0.1) is 0 Å². The highest BCUT2D eigenvalue weighted by molar-refractivity contribution is 7.99. The van der Waals surface area contributed by atoms with Crippen molar-refractivity contribution in [3.8, 4) is 0 Å². The molecule has 2 rings (SSSR count). The number of aromatic amines is 1. The summed E-state index contributed by atoms with van der Waals surface area (Å²) in [5, 5.41) is 6.53. The molecule has 0 spiro atoms. The molecule has 0 radical (unpaired) electrons. The van der Waals surface area contributed by atoms with Gasteiger partial charge in [-0.15, -0.1) is 0 Å². The van der Waals surface area contributed by atoms with E-state index in [0.29, 0.717) is 5.82 Å². The smallest absolute Gasteiger partial charge is 0.182 e. The predicted octanol–water partition coefficient (Wildman–Crippen LogP) is -0.0514. The van der Waals surface area contributed by atoms with E-state index in [2.05, 4.69) is 10.2 Å². The normalized spacial score (nSPS) is 17.7. The topological polar surface area (TPSA) is 92.1 Å². The number of nitrogens with zero attached hydrogens (tertiary/aromatic N) is 2. The summed E-state index contributed by atoms with van der Waals surface area (Å²) in [5.74, 6) is 2.54. The number of thioether (sulfide) groups is 1. The Labute approximate surface area is 98.5 Å². The molecule has 1 fully saturated rings. The molecule has 0 bridgehead atoms.